The van der Waals surface area contributed by atoms with Crippen LogP contribution in [-0.4, -0.2) is 47.8 Å². The highest BCUT2D eigenvalue weighted by Crippen LogP contribution is 2.19. The lowest BCUT2D eigenvalue weighted by Crippen LogP contribution is -2.52. The highest BCUT2D eigenvalue weighted by atomic mass is 16.6. The van der Waals surface area contributed by atoms with Crippen LogP contribution < -0.4 is 5.73 Å². The maximum absolute atomic E-state index is 12.2. The molecule has 6 nitrogen and oxygen atoms in total. The van der Waals surface area contributed by atoms with Crippen LogP contribution in [0.1, 0.15) is 48.0 Å². The van der Waals surface area contributed by atoms with Gasteiger partial charge in [0.2, 0.25) is 0 Å². The molecule has 1 unspecified atom stereocenters. The smallest absolute Gasteiger partial charge is 0.410 e. The first-order chi connectivity index (χ1) is 8.86. The summed E-state index contributed by atoms with van der Waals surface area (Å²) in [5.41, 5.74) is 4.87. The summed E-state index contributed by atoms with van der Waals surface area (Å²) in [5.74, 6) is -0.393. The van der Waals surface area contributed by atoms with Gasteiger partial charge >= 0.3 is 12.1 Å². The lowest BCUT2D eigenvalue weighted by atomic mass is 10.0. The molecule has 1 amide bonds. The SMILES string of the molecule is COC(=O)CC(N)CN(C(=O)OC(C)(C)C)C(C)(C)C. The second kappa shape index (κ2) is 6.92. The molecule has 0 radical (unpaired) electrons. The molecule has 0 rings (SSSR count). The van der Waals surface area contributed by atoms with E-state index in [0.717, 1.165) is 0 Å². The summed E-state index contributed by atoms with van der Waals surface area (Å²) in [6.07, 6.45) is -0.378. The lowest BCUT2D eigenvalue weighted by molar-refractivity contribution is -0.141. The van der Waals surface area contributed by atoms with Crippen LogP contribution >= 0.6 is 0 Å². The van der Waals surface area contributed by atoms with Crippen molar-refractivity contribution in [2.75, 3.05) is 13.7 Å². The number of rotatable bonds is 4. The van der Waals surface area contributed by atoms with Crippen LogP contribution in [0.2, 0.25) is 0 Å². The maximum atomic E-state index is 12.2. The van der Waals surface area contributed by atoms with Gasteiger partial charge in [-0.2, -0.15) is 0 Å². The molecule has 0 aliphatic carbocycles. The Morgan fingerprint density at radius 3 is 2.00 bits per heavy atom. The summed E-state index contributed by atoms with van der Waals surface area (Å²) in [7, 11) is 1.31. The Morgan fingerprint density at radius 1 is 1.15 bits per heavy atom. The van der Waals surface area contributed by atoms with Crippen molar-refractivity contribution in [2.45, 2.75) is 65.1 Å². The van der Waals surface area contributed by atoms with E-state index in [1.54, 1.807) is 20.8 Å². The van der Waals surface area contributed by atoms with E-state index < -0.39 is 29.2 Å². The zero-order chi connectivity index (χ0) is 16.1. The molecule has 0 saturated heterocycles. The number of nitrogens with two attached hydrogens (primary N) is 1. The Morgan fingerprint density at radius 2 is 1.65 bits per heavy atom. The average Bonchev–Trinajstić information content (AvgIpc) is 2.21. The van der Waals surface area contributed by atoms with Gasteiger partial charge in [-0.1, -0.05) is 0 Å². The highest BCUT2D eigenvalue weighted by Gasteiger charge is 2.32. The first kappa shape index (κ1) is 18.7. The summed E-state index contributed by atoms with van der Waals surface area (Å²) in [6.45, 7) is 11.3. The van der Waals surface area contributed by atoms with Gasteiger partial charge in [-0.3, -0.25) is 4.79 Å². The van der Waals surface area contributed by atoms with E-state index in [9.17, 15) is 9.59 Å². The number of hydrogen-bond donors (Lipinski definition) is 1. The predicted octanol–water partition coefficient (Wildman–Crippen LogP) is 1.91. The summed E-state index contributed by atoms with van der Waals surface area (Å²) >= 11 is 0. The number of nitrogens with zero attached hydrogens (tertiary/aromatic N) is 1. The Balaban J connectivity index is 4.83. The molecule has 0 saturated carbocycles. The van der Waals surface area contributed by atoms with Crippen molar-refractivity contribution in [3.63, 3.8) is 0 Å². The Labute approximate surface area is 121 Å². The first-order valence-electron chi connectivity index (χ1n) is 6.70. The van der Waals surface area contributed by atoms with Gasteiger partial charge in [0.1, 0.15) is 5.60 Å². The molecule has 0 aromatic rings. The van der Waals surface area contributed by atoms with E-state index in [4.69, 9.17) is 10.5 Å². The standard InChI is InChI=1S/C14H28N2O4/c1-13(2,3)16(12(18)20-14(4,5)6)9-10(15)8-11(17)19-7/h10H,8-9,15H2,1-7H3. The molecule has 1 atom stereocenters. The van der Waals surface area contributed by atoms with Crippen LogP contribution in [0.3, 0.4) is 0 Å². The Kier molecular flexibility index (Phi) is 6.47. The van der Waals surface area contributed by atoms with Crippen LogP contribution in [0.25, 0.3) is 0 Å². The maximum Gasteiger partial charge on any atom is 0.410 e. The van der Waals surface area contributed by atoms with Gasteiger partial charge in [0.25, 0.3) is 0 Å². The molecule has 0 aromatic heterocycles. The lowest BCUT2D eigenvalue weighted by Gasteiger charge is -2.38. The molecule has 0 bridgehead atoms. The molecule has 0 spiro atoms. The molecule has 0 aliphatic rings. The van der Waals surface area contributed by atoms with E-state index >= 15 is 0 Å². The molecule has 0 aromatic carbocycles. The molecule has 6 heteroatoms. The van der Waals surface area contributed by atoms with Gasteiger partial charge in [-0.05, 0) is 41.5 Å². The summed E-state index contributed by atoms with van der Waals surface area (Å²) in [5, 5.41) is 0. The molecule has 0 heterocycles. The van der Waals surface area contributed by atoms with Gasteiger partial charge in [0.15, 0.2) is 0 Å². The van der Waals surface area contributed by atoms with Crippen molar-refractivity contribution >= 4 is 12.1 Å². The molecule has 118 valence electrons. The molecule has 2 N–H and O–H groups in total. The predicted molar refractivity (Wildman–Crippen MR) is 77.3 cm³/mol. The largest absolute Gasteiger partial charge is 0.469 e. The summed E-state index contributed by atoms with van der Waals surface area (Å²) in [6, 6.07) is -0.491. The van der Waals surface area contributed by atoms with Crippen molar-refractivity contribution in [1.29, 1.82) is 0 Å². The third-order valence-electron chi connectivity index (χ3n) is 2.50. The van der Waals surface area contributed by atoms with Gasteiger partial charge in [0, 0.05) is 18.1 Å². The summed E-state index contributed by atoms with van der Waals surface area (Å²) < 4.78 is 9.95. The zero-order valence-corrected chi connectivity index (χ0v) is 13.6. The van der Waals surface area contributed by atoms with Gasteiger partial charge in [-0.25, -0.2) is 4.79 Å². The second-order valence-electron chi connectivity index (χ2n) is 6.80. The van der Waals surface area contributed by atoms with Gasteiger partial charge < -0.3 is 20.1 Å². The van der Waals surface area contributed by atoms with Crippen molar-refractivity contribution in [2.24, 2.45) is 5.73 Å². The van der Waals surface area contributed by atoms with Crippen molar-refractivity contribution < 1.29 is 19.1 Å². The third kappa shape index (κ3) is 7.33. The van der Waals surface area contributed by atoms with Crippen molar-refractivity contribution in [3.8, 4) is 0 Å². The Hall–Kier alpha value is -1.30. The number of methoxy groups -OCH3 is 1. The first-order valence-corrected chi connectivity index (χ1v) is 6.70. The van der Waals surface area contributed by atoms with Crippen LogP contribution in [0, 0.1) is 0 Å². The average molecular weight is 288 g/mol. The van der Waals surface area contributed by atoms with Gasteiger partial charge in [-0.15, -0.1) is 0 Å². The fourth-order valence-electron chi connectivity index (χ4n) is 1.54. The van der Waals surface area contributed by atoms with Crippen LogP contribution in [0.4, 0.5) is 4.79 Å². The van der Waals surface area contributed by atoms with E-state index in [2.05, 4.69) is 4.74 Å². The monoisotopic (exact) mass is 288 g/mol. The van der Waals surface area contributed by atoms with E-state index in [-0.39, 0.29) is 13.0 Å². The minimum absolute atomic E-state index is 0.0614. The molecular weight excluding hydrogens is 260 g/mol. The number of carbonyl (C=O) groups is 2. The third-order valence-corrected chi connectivity index (χ3v) is 2.50. The van der Waals surface area contributed by atoms with E-state index in [1.807, 2.05) is 20.8 Å². The highest BCUT2D eigenvalue weighted by molar-refractivity contribution is 5.71. The Bertz CT molecular complexity index is 342. The fraction of sp³-hybridized carbons (Fsp3) is 0.857. The fourth-order valence-corrected chi connectivity index (χ4v) is 1.54. The normalized spacial score (nSPS) is 13.6. The number of hydrogen-bond acceptors (Lipinski definition) is 5. The van der Waals surface area contributed by atoms with E-state index in [0.29, 0.717) is 0 Å². The van der Waals surface area contributed by atoms with E-state index in [1.165, 1.54) is 12.0 Å². The zero-order valence-electron chi connectivity index (χ0n) is 13.6. The van der Waals surface area contributed by atoms with Crippen molar-refractivity contribution in [3.05, 3.63) is 0 Å². The minimum Gasteiger partial charge on any atom is -0.469 e. The quantitative estimate of drug-likeness (QED) is 0.799. The van der Waals surface area contributed by atoms with Crippen LogP contribution in [0.5, 0.6) is 0 Å². The van der Waals surface area contributed by atoms with Crippen LogP contribution in [-0.2, 0) is 14.3 Å². The number of ether oxygens (including phenoxy) is 2. The summed E-state index contributed by atoms with van der Waals surface area (Å²) in [4.78, 5) is 25.0. The molecule has 0 fully saturated rings. The molecule has 0 aliphatic heterocycles. The minimum atomic E-state index is -0.576. The van der Waals surface area contributed by atoms with Crippen LogP contribution in [0.15, 0.2) is 0 Å². The number of esters is 1. The second-order valence-corrected chi connectivity index (χ2v) is 6.80. The van der Waals surface area contributed by atoms with Crippen molar-refractivity contribution in [1.82, 2.24) is 4.90 Å². The topological polar surface area (TPSA) is 81.9 Å². The number of carbonyl (C=O) groups excluding carboxylic acids is 2. The van der Waals surface area contributed by atoms with Gasteiger partial charge in [0.05, 0.1) is 13.5 Å². The molecule has 20 heavy (non-hydrogen) atoms. The molecular formula is C14H28N2O4. The number of amides is 1.